The summed E-state index contributed by atoms with van der Waals surface area (Å²) in [6.07, 6.45) is 1.10. The number of hydrogen-bond acceptors (Lipinski definition) is 7. The van der Waals surface area contributed by atoms with Crippen molar-refractivity contribution in [3.63, 3.8) is 0 Å². The minimum Gasteiger partial charge on any atom is -0.434 e. The Balaban J connectivity index is 1.82. The first-order valence-electron chi connectivity index (χ1n) is 7.59. The Morgan fingerprint density at radius 3 is 2.44 bits per heavy atom. The first-order valence-corrected chi connectivity index (χ1v) is 8.38. The lowest BCUT2D eigenvalue weighted by molar-refractivity contribution is -0.385. The molecule has 0 aliphatic heterocycles. The number of ether oxygens (including phenoxy) is 1. The van der Waals surface area contributed by atoms with Gasteiger partial charge < -0.3 is 4.74 Å². The molecule has 0 atom stereocenters. The van der Waals surface area contributed by atoms with Crippen LogP contribution < -0.4 is 15.6 Å². The predicted molar refractivity (Wildman–Crippen MR) is 100 cm³/mol. The van der Waals surface area contributed by atoms with Gasteiger partial charge in [0.25, 0.3) is 5.91 Å². The molecule has 2 N–H and O–H groups in total. The third-order valence-electron chi connectivity index (χ3n) is 3.33. The van der Waals surface area contributed by atoms with Gasteiger partial charge in [0.2, 0.25) is 5.82 Å². The highest BCUT2D eigenvalue weighted by atomic mass is 79.9. The van der Waals surface area contributed by atoms with Gasteiger partial charge in [-0.3, -0.25) is 25.8 Å². The number of hydrogen-bond donors (Lipinski definition) is 2. The van der Waals surface area contributed by atoms with Crippen LogP contribution in [0.15, 0.2) is 65.4 Å². The van der Waals surface area contributed by atoms with Gasteiger partial charge in [0.05, 0.1) is 4.92 Å². The molecule has 0 saturated heterocycles. The molecule has 10 heteroatoms. The summed E-state index contributed by atoms with van der Waals surface area (Å²) in [4.78, 5) is 30.5. The number of carbonyl (C=O) groups is 1. The number of benzene rings is 2. The molecule has 136 valence electrons. The standard InChI is InChI=1S/C17H12BrN5O4/c18-12-6-8-13(9-7-12)27-17-14(23(25)26)15(19-10-20-17)21-22-16(24)11-4-2-1-3-5-11/h1-10H,(H,22,24)(H,19,20,21). The van der Waals surface area contributed by atoms with Gasteiger partial charge in [-0.15, -0.1) is 0 Å². The molecule has 0 fully saturated rings. The van der Waals surface area contributed by atoms with E-state index in [4.69, 9.17) is 4.74 Å². The second-order valence-corrected chi connectivity index (χ2v) is 6.05. The van der Waals surface area contributed by atoms with Crippen LogP contribution in [0, 0.1) is 10.1 Å². The van der Waals surface area contributed by atoms with E-state index in [9.17, 15) is 14.9 Å². The Bertz CT molecular complexity index is 967. The lowest BCUT2D eigenvalue weighted by Gasteiger charge is -2.10. The predicted octanol–water partition coefficient (Wildman–Crippen LogP) is 3.70. The fraction of sp³-hybridized carbons (Fsp3) is 0. The van der Waals surface area contributed by atoms with E-state index in [-0.39, 0.29) is 11.7 Å². The summed E-state index contributed by atoms with van der Waals surface area (Å²) >= 11 is 3.29. The van der Waals surface area contributed by atoms with Crippen LogP contribution in [0.4, 0.5) is 11.5 Å². The monoisotopic (exact) mass is 429 g/mol. The average Bonchev–Trinajstić information content (AvgIpc) is 2.68. The maximum atomic E-state index is 12.1. The van der Waals surface area contributed by atoms with Gasteiger partial charge in [0.15, 0.2) is 0 Å². The van der Waals surface area contributed by atoms with E-state index in [1.54, 1.807) is 54.6 Å². The van der Waals surface area contributed by atoms with Crippen LogP contribution in [0.1, 0.15) is 10.4 Å². The molecule has 0 spiro atoms. The van der Waals surface area contributed by atoms with E-state index in [0.29, 0.717) is 11.3 Å². The Labute approximate surface area is 161 Å². The number of hydrazine groups is 1. The zero-order valence-corrected chi connectivity index (χ0v) is 15.2. The van der Waals surface area contributed by atoms with E-state index < -0.39 is 16.5 Å². The van der Waals surface area contributed by atoms with Crippen molar-refractivity contribution in [3.05, 3.63) is 81.1 Å². The highest BCUT2D eigenvalue weighted by Gasteiger charge is 2.25. The van der Waals surface area contributed by atoms with E-state index >= 15 is 0 Å². The van der Waals surface area contributed by atoms with Gasteiger partial charge in [-0.1, -0.05) is 34.1 Å². The van der Waals surface area contributed by atoms with Crippen molar-refractivity contribution in [2.45, 2.75) is 0 Å². The smallest absolute Gasteiger partial charge is 0.374 e. The van der Waals surface area contributed by atoms with E-state index in [0.717, 1.165) is 10.8 Å². The number of nitrogens with one attached hydrogen (secondary N) is 2. The minimum absolute atomic E-state index is 0.202. The summed E-state index contributed by atoms with van der Waals surface area (Å²) in [6, 6.07) is 15.1. The van der Waals surface area contributed by atoms with Crippen LogP contribution in [-0.4, -0.2) is 20.8 Å². The maximum Gasteiger partial charge on any atom is 0.374 e. The SMILES string of the molecule is O=C(NNc1ncnc(Oc2ccc(Br)cc2)c1[N+](=O)[O-])c1ccccc1. The van der Waals surface area contributed by atoms with E-state index in [2.05, 4.69) is 36.7 Å². The molecule has 1 amide bonds. The van der Waals surface area contributed by atoms with Crippen LogP contribution in [0.5, 0.6) is 11.6 Å². The highest BCUT2D eigenvalue weighted by Crippen LogP contribution is 2.33. The van der Waals surface area contributed by atoms with Crippen molar-refractivity contribution in [2.75, 3.05) is 5.43 Å². The second kappa shape index (κ2) is 8.23. The molecule has 9 nitrogen and oxygen atoms in total. The first kappa shape index (κ1) is 18.3. The Hall–Kier alpha value is -3.53. The number of halogens is 1. The summed E-state index contributed by atoms with van der Waals surface area (Å²) in [5.74, 6) is -0.571. The summed E-state index contributed by atoms with van der Waals surface area (Å²) in [7, 11) is 0. The Morgan fingerprint density at radius 2 is 1.78 bits per heavy atom. The third-order valence-corrected chi connectivity index (χ3v) is 3.86. The molecular weight excluding hydrogens is 418 g/mol. The molecule has 0 bridgehead atoms. The van der Waals surface area contributed by atoms with Crippen molar-refractivity contribution in [2.24, 2.45) is 0 Å². The zero-order chi connectivity index (χ0) is 19.2. The zero-order valence-electron chi connectivity index (χ0n) is 13.6. The van der Waals surface area contributed by atoms with Crippen molar-refractivity contribution in [1.82, 2.24) is 15.4 Å². The van der Waals surface area contributed by atoms with Gasteiger partial charge in [-0.05, 0) is 36.4 Å². The lowest BCUT2D eigenvalue weighted by Crippen LogP contribution is -2.30. The van der Waals surface area contributed by atoms with Gasteiger partial charge in [0, 0.05) is 10.0 Å². The van der Waals surface area contributed by atoms with Crippen molar-refractivity contribution in [1.29, 1.82) is 0 Å². The highest BCUT2D eigenvalue weighted by molar-refractivity contribution is 9.10. The maximum absolute atomic E-state index is 12.1. The molecule has 0 unspecified atom stereocenters. The van der Waals surface area contributed by atoms with Crippen LogP contribution in [0.25, 0.3) is 0 Å². The Kier molecular flexibility index (Phi) is 5.57. The molecular formula is C17H12BrN5O4. The van der Waals surface area contributed by atoms with Crippen LogP contribution >= 0.6 is 15.9 Å². The number of nitrogens with zero attached hydrogens (tertiary/aromatic N) is 3. The fourth-order valence-corrected chi connectivity index (χ4v) is 2.35. The number of nitro groups is 1. The fourth-order valence-electron chi connectivity index (χ4n) is 2.09. The van der Waals surface area contributed by atoms with E-state index in [1.807, 2.05) is 0 Å². The third kappa shape index (κ3) is 4.55. The molecule has 0 aliphatic rings. The van der Waals surface area contributed by atoms with Crippen LogP contribution in [0.3, 0.4) is 0 Å². The Morgan fingerprint density at radius 1 is 1.07 bits per heavy atom. The molecule has 1 heterocycles. The molecule has 1 aromatic heterocycles. The van der Waals surface area contributed by atoms with Gasteiger partial charge in [0.1, 0.15) is 12.1 Å². The average molecular weight is 430 g/mol. The van der Waals surface area contributed by atoms with Crippen molar-refractivity contribution < 1.29 is 14.5 Å². The summed E-state index contributed by atoms with van der Waals surface area (Å²) in [6.45, 7) is 0. The summed E-state index contributed by atoms with van der Waals surface area (Å²) in [5, 5.41) is 11.5. The summed E-state index contributed by atoms with van der Waals surface area (Å²) in [5.41, 5.74) is 4.69. The summed E-state index contributed by atoms with van der Waals surface area (Å²) < 4.78 is 6.32. The van der Waals surface area contributed by atoms with Gasteiger partial charge in [-0.25, -0.2) is 4.98 Å². The van der Waals surface area contributed by atoms with E-state index in [1.165, 1.54) is 0 Å². The minimum atomic E-state index is -0.689. The normalized spacial score (nSPS) is 10.1. The van der Waals surface area contributed by atoms with Crippen molar-refractivity contribution in [3.8, 4) is 11.6 Å². The first-order chi connectivity index (χ1) is 13.0. The lowest BCUT2D eigenvalue weighted by atomic mass is 10.2. The molecule has 3 aromatic rings. The largest absolute Gasteiger partial charge is 0.434 e. The second-order valence-electron chi connectivity index (χ2n) is 5.13. The molecule has 0 saturated carbocycles. The van der Waals surface area contributed by atoms with Gasteiger partial charge in [-0.2, -0.15) is 4.98 Å². The van der Waals surface area contributed by atoms with Crippen molar-refractivity contribution >= 4 is 33.3 Å². The quantitative estimate of drug-likeness (QED) is 0.452. The number of aromatic nitrogens is 2. The number of anilines is 1. The van der Waals surface area contributed by atoms with Crippen LogP contribution in [-0.2, 0) is 0 Å². The number of carbonyl (C=O) groups excluding carboxylic acids is 1. The molecule has 0 radical (unpaired) electrons. The molecule has 3 rings (SSSR count). The topological polar surface area (TPSA) is 119 Å². The molecule has 0 aliphatic carbocycles. The molecule has 2 aromatic carbocycles. The molecule has 27 heavy (non-hydrogen) atoms. The van der Waals surface area contributed by atoms with Crippen LogP contribution in [0.2, 0.25) is 0 Å². The van der Waals surface area contributed by atoms with Gasteiger partial charge >= 0.3 is 11.6 Å². The number of amides is 1. The number of rotatable bonds is 6.